The van der Waals surface area contributed by atoms with E-state index in [2.05, 4.69) is 46.5 Å². The first kappa shape index (κ1) is 12.3. The van der Waals surface area contributed by atoms with Crippen LogP contribution in [0.2, 0.25) is 0 Å². The molecule has 0 fully saturated rings. The van der Waals surface area contributed by atoms with Gasteiger partial charge in [-0.1, -0.05) is 72.0 Å². The molecular weight excluding hydrogens is 278 g/mol. The van der Waals surface area contributed by atoms with Crippen molar-refractivity contribution >= 4 is 16.3 Å². The molecule has 2 aromatic carbocycles. The molecule has 4 rings (SSSR count). The van der Waals surface area contributed by atoms with Gasteiger partial charge in [-0.3, -0.25) is 0 Å². The summed E-state index contributed by atoms with van der Waals surface area (Å²) in [4.78, 5) is 5.61. The standard InChI is InChI=1S/C17H13N3S/c1-3-7-13(8-4-1)11-16-19-20-12-15(18-17(20)21-16)14-9-5-2-6-10-14/h1-10,12H,11H2. The monoisotopic (exact) mass is 291 g/mol. The number of hydrogen-bond acceptors (Lipinski definition) is 3. The molecule has 102 valence electrons. The first-order valence-corrected chi connectivity index (χ1v) is 7.64. The molecule has 21 heavy (non-hydrogen) atoms. The van der Waals surface area contributed by atoms with Gasteiger partial charge in [-0.2, -0.15) is 5.10 Å². The zero-order chi connectivity index (χ0) is 14.1. The van der Waals surface area contributed by atoms with E-state index in [0.29, 0.717) is 0 Å². The van der Waals surface area contributed by atoms with Gasteiger partial charge in [-0.25, -0.2) is 9.50 Å². The fraction of sp³-hybridized carbons (Fsp3) is 0.0588. The van der Waals surface area contributed by atoms with Crippen molar-refractivity contribution in [2.24, 2.45) is 0 Å². The van der Waals surface area contributed by atoms with Crippen molar-refractivity contribution in [3.8, 4) is 11.3 Å². The van der Waals surface area contributed by atoms with Gasteiger partial charge in [0.05, 0.1) is 11.9 Å². The van der Waals surface area contributed by atoms with Gasteiger partial charge in [0.1, 0.15) is 5.01 Å². The summed E-state index contributed by atoms with van der Waals surface area (Å²) in [5.41, 5.74) is 3.37. The van der Waals surface area contributed by atoms with Crippen LogP contribution >= 0.6 is 11.3 Å². The molecule has 0 N–H and O–H groups in total. The predicted molar refractivity (Wildman–Crippen MR) is 85.5 cm³/mol. The van der Waals surface area contributed by atoms with Gasteiger partial charge < -0.3 is 0 Å². The van der Waals surface area contributed by atoms with Crippen molar-refractivity contribution in [2.75, 3.05) is 0 Å². The van der Waals surface area contributed by atoms with Gasteiger partial charge in [0.25, 0.3) is 0 Å². The molecule has 0 atom stereocenters. The summed E-state index contributed by atoms with van der Waals surface area (Å²) in [5, 5.41) is 5.71. The molecule has 0 aliphatic rings. The number of rotatable bonds is 3. The van der Waals surface area contributed by atoms with E-state index in [4.69, 9.17) is 0 Å². The molecule has 4 aromatic rings. The molecule has 0 radical (unpaired) electrons. The van der Waals surface area contributed by atoms with Crippen molar-refractivity contribution in [1.82, 2.24) is 14.6 Å². The predicted octanol–water partition coefficient (Wildman–Crippen LogP) is 4.05. The quantitative estimate of drug-likeness (QED) is 0.570. The van der Waals surface area contributed by atoms with E-state index in [0.717, 1.165) is 27.6 Å². The maximum Gasteiger partial charge on any atom is 0.212 e. The molecule has 0 saturated carbocycles. The highest BCUT2D eigenvalue weighted by Gasteiger charge is 2.09. The van der Waals surface area contributed by atoms with Crippen LogP contribution in [-0.2, 0) is 6.42 Å². The molecular formula is C17H13N3S. The number of imidazole rings is 1. The van der Waals surface area contributed by atoms with E-state index in [-0.39, 0.29) is 0 Å². The third-order valence-corrected chi connectivity index (χ3v) is 4.28. The molecule has 2 aromatic heterocycles. The minimum absolute atomic E-state index is 0.857. The molecule has 0 amide bonds. The smallest absolute Gasteiger partial charge is 0.212 e. The minimum Gasteiger partial charge on any atom is -0.217 e. The summed E-state index contributed by atoms with van der Waals surface area (Å²) in [6.45, 7) is 0. The van der Waals surface area contributed by atoms with Gasteiger partial charge in [-0.15, -0.1) is 0 Å². The maximum absolute atomic E-state index is 4.66. The SMILES string of the molecule is c1ccc(Cc2nn3cc(-c4ccccc4)nc3s2)cc1. The van der Waals surface area contributed by atoms with Crippen LogP contribution in [0.5, 0.6) is 0 Å². The van der Waals surface area contributed by atoms with Crippen molar-refractivity contribution in [1.29, 1.82) is 0 Å². The summed E-state index contributed by atoms with van der Waals surface area (Å²) in [7, 11) is 0. The van der Waals surface area contributed by atoms with Crippen LogP contribution in [-0.4, -0.2) is 14.6 Å². The molecule has 3 nitrogen and oxygen atoms in total. The lowest BCUT2D eigenvalue weighted by molar-refractivity contribution is 0.922. The summed E-state index contributed by atoms with van der Waals surface area (Å²) < 4.78 is 1.88. The Bertz CT molecular complexity index is 831. The maximum atomic E-state index is 4.66. The molecule has 0 saturated heterocycles. The third kappa shape index (κ3) is 2.45. The highest BCUT2D eigenvalue weighted by atomic mass is 32.1. The molecule has 0 unspecified atom stereocenters. The Kier molecular flexibility index (Phi) is 3.01. The van der Waals surface area contributed by atoms with Crippen LogP contribution in [0.4, 0.5) is 0 Å². The summed E-state index contributed by atoms with van der Waals surface area (Å²) >= 11 is 1.65. The summed E-state index contributed by atoms with van der Waals surface area (Å²) in [5.74, 6) is 0. The minimum atomic E-state index is 0.857. The average molecular weight is 291 g/mol. The normalized spacial score (nSPS) is 11.0. The topological polar surface area (TPSA) is 30.2 Å². The first-order chi connectivity index (χ1) is 10.4. The second-order valence-corrected chi connectivity index (χ2v) is 5.92. The second-order valence-electron chi connectivity index (χ2n) is 4.88. The summed E-state index contributed by atoms with van der Waals surface area (Å²) in [6.07, 6.45) is 2.85. The fourth-order valence-corrected chi connectivity index (χ4v) is 3.24. The van der Waals surface area contributed by atoms with Crippen LogP contribution in [0, 0.1) is 0 Å². The zero-order valence-corrected chi connectivity index (χ0v) is 12.1. The van der Waals surface area contributed by atoms with Crippen LogP contribution in [0.3, 0.4) is 0 Å². The van der Waals surface area contributed by atoms with E-state index >= 15 is 0 Å². The van der Waals surface area contributed by atoms with Crippen LogP contribution in [0.25, 0.3) is 16.2 Å². The van der Waals surface area contributed by atoms with Crippen molar-refractivity contribution in [3.63, 3.8) is 0 Å². The van der Waals surface area contributed by atoms with Gasteiger partial charge in [0.15, 0.2) is 0 Å². The van der Waals surface area contributed by atoms with Crippen molar-refractivity contribution in [3.05, 3.63) is 77.4 Å². The largest absolute Gasteiger partial charge is 0.217 e. The fourth-order valence-electron chi connectivity index (χ4n) is 2.33. The molecule has 0 bridgehead atoms. The van der Waals surface area contributed by atoms with Crippen molar-refractivity contribution < 1.29 is 0 Å². The lowest BCUT2D eigenvalue weighted by Gasteiger charge is -1.95. The second kappa shape index (κ2) is 5.14. The lowest BCUT2D eigenvalue weighted by Crippen LogP contribution is -1.89. The molecule has 0 aliphatic carbocycles. The number of fused-ring (bicyclic) bond motifs is 1. The average Bonchev–Trinajstić information content (AvgIpc) is 3.07. The van der Waals surface area contributed by atoms with E-state index in [9.17, 15) is 0 Å². The lowest BCUT2D eigenvalue weighted by atomic mass is 10.2. The van der Waals surface area contributed by atoms with E-state index in [1.165, 1.54) is 5.56 Å². The molecule has 0 spiro atoms. The highest BCUT2D eigenvalue weighted by molar-refractivity contribution is 7.16. The molecule has 4 heteroatoms. The van der Waals surface area contributed by atoms with Crippen LogP contribution in [0.1, 0.15) is 10.6 Å². The number of benzene rings is 2. The Balaban J connectivity index is 1.65. The Morgan fingerprint density at radius 1 is 0.905 bits per heavy atom. The van der Waals surface area contributed by atoms with E-state index < -0.39 is 0 Å². The van der Waals surface area contributed by atoms with Crippen molar-refractivity contribution in [2.45, 2.75) is 6.42 Å². The van der Waals surface area contributed by atoms with E-state index in [1.807, 2.05) is 35.0 Å². The number of nitrogens with zero attached hydrogens (tertiary/aromatic N) is 3. The molecule has 2 heterocycles. The van der Waals surface area contributed by atoms with Crippen LogP contribution < -0.4 is 0 Å². The third-order valence-electron chi connectivity index (χ3n) is 3.35. The number of aromatic nitrogens is 3. The van der Waals surface area contributed by atoms with Gasteiger partial charge in [0.2, 0.25) is 4.96 Å². The first-order valence-electron chi connectivity index (χ1n) is 6.83. The Hall–Kier alpha value is -2.46. The van der Waals surface area contributed by atoms with E-state index in [1.54, 1.807) is 11.3 Å². The van der Waals surface area contributed by atoms with Gasteiger partial charge in [-0.05, 0) is 5.56 Å². The highest BCUT2D eigenvalue weighted by Crippen LogP contribution is 2.23. The Morgan fingerprint density at radius 2 is 1.62 bits per heavy atom. The van der Waals surface area contributed by atoms with Crippen LogP contribution in [0.15, 0.2) is 66.9 Å². The van der Waals surface area contributed by atoms with Gasteiger partial charge in [0, 0.05) is 12.0 Å². The zero-order valence-electron chi connectivity index (χ0n) is 11.3. The molecule has 0 aliphatic heterocycles. The Labute approximate surface area is 126 Å². The number of hydrogen-bond donors (Lipinski definition) is 0. The summed E-state index contributed by atoms with van der Waals surface area (Å²) in [6, 6.07) is 20.6. The van der Waals surface area contributed by atoms with Gasteiger partial charge >= 0.3 is 0 Å². The Morgan fingerprint density at radius 3 is 2.33 bits per heavy atom.